The topological polar surface area (TPSA) is 126 Å². The fraction of sp³-hybridized carbons (Fsp3) is 0.235. The van der Waals surface area contributed by atoms with Gasteiger partial charge in [-0.25, -0.2) is 19.3 Å². The molecule has 3 aromatic rings. The molecular formula is C17H17N7O3. The number of rotatable bonds is 5. The summed E-state index contributed by atoms with van der Waals surface area (Å²) < 4.78 is 12.0. The van der Waals surface area contributed by atoms with Crippen molar-refractivity contribution in [1.29, 1.82) is 5.26 Å². The van der Waals surface area contributed by atoms with Crippen molar-refractivity contribution in [2.45, 2.75) is 13.0 Å². The fourth-order valence-corrected chi connectivity index (χ4v) is 2.54. The predicted molar refractivity (Wildman–Crippen MR) is 96.6 cm³/mol. The number of hydrogen-bond donors (Lipinski definition) is 2. The molecule has 0 spiro atoms. The summed E-state index contributed by atoms with van der Waals surface area (Å²) in [6.07, 6.45) is 4.21. The van der Waals surface area contributed by atoms with Gasteiger partial charge in [-0.05, 0) is 13.0 Å². The highest BCUT2D eigenvalue weighted by atomic mass is 16.5. The Morgan fingerprint density at radius 3 is 2.81 bits per heavy atom. The maximum atomic E-state index is 12.4. The molecule has 3 rings (SSSR count). The van der Waals surface area contributed by atoms with Gasteiger partial charge in [0, 0.05) is 13.2 Å². The Hall–Kier alpha value is -3.71. The minimum absolute atomic E-state index is 0.188. The van der Waals surface area contributed by atoms with Gasteiger partial charge >= 0.3 is 6.03 Å². The largest absolute Gasteiger partial charge is 0.480 e. The Labute approximate surface area is 154 Å². The molecule has 0 aromatic carbocycles. The SMILES string of the molecule is COc1ncc(NC(=O)Nc2cnc3ccnn3c2[C@H](C)OC)cc1C#N. The van der Waals surface area contributed by atoms with Gasteiger partial charge in [0.2, 0.25) is 5.88 Å². The van der Waals surface area contributed by atoms with Crippen LogP contribution in [0.4, 0.5) is 16.2 Å². The van der Waals surface area contributed by atoms with Crippen LogP contribution in [0, 0.1) is 11.3 Å². The van der Waals surface area contributed by atoms with Gasteiger partial charge in [-0.15, -0.1) is 0 Å². The van der Waals surface area contributed by atoms with E-state index in [1.807, 2.05) is 13.0 Å². The molecule has 2 amide bonds. The Bertz CT molecular complexity index is 1030. The smallest absolute Gasteiger partial charge is 0.323 e. The van der Waals surface area contributed by atoms with Gasteiger partial charge in [0.05, 0.1) is 48.9 Å². The van der Waals surface area contributed by atoms with E-state index in [0.29, 0.717) is 22.7 Å². The number of hydrogen-bond acceptors (Lipinski definition) is 7. The number of carbonyl (C=O) groups is 1. The Balaban J connectivity index is 1.85. The zero-order chi connectivity index (χ0) is 19.4. The lowest BCUT2D eigenvalue weighted by molar-refractivity contribution is 0.114. The lowest BCUT2D eigenvalue weighted by atomic mass is 10.2. The van der Waals surface area contributed by atoms with Crippen molar-refractivity contribution < 1.29 is 14.3 Å². The van der Waals surface area contributed by atoms with Crippen LogP contribution in [0.5, 0.6) is 5.88 Å². The highest BCUT2D eigenvalue weighted by Gasteiger charge is 2.18. The van der Waals surface area contributed by atoms with E-state index in [9.17, 15) is 4.79 Å². The minimum atomic E-state index is -0.524. The molecular weight excluding hydrogens is 350 g/mol. The van der Waals surface area contributed by atoms with Crippen molar-refractivity contribution in [3.05, 3.63) is 42.0 Å². The number of nitrogens with zero attached hydrogens (tertiary/aromatic N) is 5. The minimum Gasteiger partial charge on any atom is -0.480 e. The van der Waals surface area contributed by atoms with Gasteiger partial charge in [-0.1, -0.05) is 0 Å². The number of amides is 2. The van der Waals surface area contributed by atoms with Gasteiger partial charge in [0.1, 0.15) is 11.6 Å². The number of nitriles is 1. The predicted octanol–water partition coefficient (Wildman–Crippen LogP) is 2.36. The zero-order valence-corrected chi connectivity index (χ0v) is 14.9. The first kappa shape index (κ1) is 18.1. The molecule has 1 atom stereocenters. The van der Waals surface area contributed by atoms with Crippen LogP contribution < -0.4 is 15.4 Å². The first-order valence-electron chi connectivity index (χ1n) is 7.95. The van der Waals surface area contributed by atoms with Crippen LogP contribution in [0.3, 0.4) is 0 Å². The molecule has 0 aliphatic heterocycles. The summed E-state index contributed by atoms with van der Waals surface area (Å²) in [5.41, 5.74) is 2.29. The van der Waals surface area contributed by atoms with E-state index in [4.69, 9.17) is 14.7 Å². The number of aromatic nitrogens is 4. The number of methoxy groups -OCH3 is 2. The van der Waals surface area contributed by atoms with Crippen LogP contribution in [0.25, 0.3) is 5.65 Å². The van der Waals surface area contributed by atoms with Gasteiger partial charge in [-0.2, -0.15) is 10.4 Å². The van der Waals surface area contributed by atoms with E-state index in [2.05, 4.69) is 25.7 Å². The summed E-state index contributed by atoms with van der Waals surface area (Å²) in [5, 5.41) is 18.7. The highest BCUT2D eigenvalue weighted by molar-refractivity contribution is 6.00. The molecule has 0 radical (unpaired) electrons. The van der Waals surface area contributed by atoms with Gasteiger partial charge < -0.3 is 20.1 Å². The van der Waals surface area contributed by atoms with Crippen molar-refractivity contribution >= 4 is 23.1 Å². The third-order valence-corrected chi connectivity index (χ3v) is 3.86. The van der Waals surface area contributed by atoms with Crippen molar-refractivity contribution in [3.63, 3.8) is 0 Å². The lowest BCUT2D eigenvalue weighted by Gasteiger charge is -2.17. The quantitative estimate of drug-likeness (QED) is 0.708. The maximum absolute atomic E-state index is 12.4. The van der Waals surface area contributed by atoms with Crippen LogP contribution in [-0.2, 0) is 4.74 Å². The van der Waals surface area contributed by atoms with Crippen LogP contribution in [0.15, 0.2) is 30.7 Å². The molecule has 3 heterocycles. The number of nitrogens with one attached hydrogen (secondary N) is 2. The molecule has 0 fully saturated rings. The summed E-state index contributed by atoms with van der Waals surface area (Å²) in [6, 6.07) is 4.66. The lowest BCUT2D eigenvalue weighted by Crippen LogP contribution is -2.22. The van der Waals surface area contributed by atoms with Crippen LogP contribution in [0.2, 0.25) is 0 Å². The average molecular weight is 367 g/mol. The second-order valence-electron chi connectivity index (χ2n) is 5.51. The number of ether oxygens (including phenoxy) is 2. The van der Waals surface area contributed by atoms with E-state index < -0.39 is 6.03 Å². The zero-order valence-electron chi connectivity index (χ0n) is 14.9. The van der Waals surface area contributed by atoms with E-state index in [1.54, 1.807) is 23.9 Å². The van der Waals surface area contributed by atoms with E-state index in [-0.39, 0.29) is 17.5 Å². The molecule has 27 heavy (non-hydrogen) atoms. The summed E-state index contributed by atoms with van der Waals surface area (Å²) in [7, 11) is 2.98. The van der Waals surface area contributed by atoms with E-state index in [1.165, 1.54) is 25.6 Å². The Morgan fingerprint density at radius 1 is 1.30 bits per heavy atom. The van der Waals surface area contributed by atoms with Crippen molar-refractivity contribution in [2.75, 3.05) is 24.9 Å². The van der Waals surface area contributed by atoms with Crippen molar-refractivity contribution in [1.82, 2.24) is 19.6 Å². The summed E-state index contributed by atoms with van der Waals surface area (Å²) in [6.45, 7) is 1.84. The van der Waals surface area contributed by atoms with Gasteiger partial charge in [0.25, 0.3) is 0 Å². The molecule has 3 aromatic heterocycles. The van der Waals surface area contributed by atoms with Crippen LogP contribution in [-0.4, -0.2) is 39.8 Å². The molecule has 0 aliphatic rings. The number of carbonyl (C=O) groups excluding carboxylic acids is 1. The number of urea groups is 1. The maximum Gasteiger partial charge on any atom is 0.323 e. The Kier molecular flexibility index (Phi) is 5.14. The molecule has 0 bridgehead atoms. The normalized spacial score (nSPS) is 11.6. The van der Waals surface area contributed by atoms with Crippen LogP contribution >= 0.6 is 0 Å². The standard InChI is InChI=1S/C17H17N7O3/c1-10(26-2)15-13(9-19-14-4-5-21-24(14)15)23-17(25)22-12-6-11(7-18)16(27-3)20-8-12/h4-6,8-10H,1-3H3,(H2,22,23,25)/t10-/m0/s1. The molecule has 0 unspecified atom stereocenters. The van der Waals surface area contributed by atoms with Crippen LogP contribution in [0.1, 0.15) is 24.3 Å². The summed E-state index contributed by atoms with van der Waals surface area (Å²) in [4.78, 5) is 20.7. The fourth-order valence-electron chi connectivity index (χ4n) is 2.54. The third kappa shape index (κ3) is 3.63. The Morgan fingerprint density at radius 2 is 2.11 bits per heavy atom. The monoisotopic (exact) mass is 367 g/mol. The molecule has 10 nitrogen and oxygen atoms in total. The summed E-state index contributed by atoms with van der Waals surface area (Å²) >= 11 is 0. The number of anilines is 2. The van der Waals surface area contributed by atoms with Crippen molar-refractivity contribution in [2.24, 2.45) is 0 Å². The number of fused-ring (bicyclic) bond motifs is 1. The first-order valence-corrected chi connectivity index (χ1v) is 7.95. The third-order valence-electron chi connectivity index (χ3n) is 3.86. The van der Waals surface area contributed by atoms with Gasteiger partial charge in [0.15, 0.2) is 5.65 Å². The first-order chi connectivity index (χ1) is 13.1. The van der Waals surface area contributed by atoms with E-state index in [0.717, 1.165) is 0 Å². The molecule has 0 saturated carbocycles. The van der Waals surface area contributed by atoms with E-state index >= 15 is 0 Å². The summed E-state index contributed by atoms with van der Waals surface area (Å²) in [5.74, 6) is 0.188. The molecule has 0 aliphatic carbocycles. The second kappa shape index (κ2) is 7.67. The highest BCUT2D eigenvalue weighted by Crippen LogP contribution is 2.25. The molecule has 138 valence electrons. The molecule has 2 N–H and O–H groups in total. The van der Waals surface area contributed by atoms with Gasteiger partial charge in [-0.3, -0.25) is 0 Å². The van der Waals surface area contributed by atoms with Crippen molar-refractivity contribution in [3.8, 4) is 11.9 Å². The molecule has 10 heteroatoms. The number of pyridine rings is 1. The second-order valence-corrected chi connectivity index (χ2v) is 5.51. The molecule has 0 saturated heterocycles. The average Bonchev–Trinajstić information content (AvgIpc) is 3.15.